The Bertz CT molecular complexity index is 357. The molecule has 4 heteroatoms. The third-order valence-electron chi connectivity index (χ3n) is 2.91. The fourth-order valence-electron chi connectivity index (χ4n) is 1.59. The maximum Gasteiger partial charge on any atom is 0.0464 e. The SMILES string of the molecule is CCN(C)CCNC(C)c1ccc(Br)cc1Cl. The average Bonchev–Trinajstić information content (AvgIpc) is 2.28. The summed E-state index contributed by atoms with van der Waals surface area (Å²) in [6.07, 6.45) is 0. The highest BCUT2D eigenvalue weighted by Crippen LogP contribution is 2.26. The van der Waals surface area contributed by atoms with Crippen LogP contribution in [-0.2, 0) is 0 Å². The van der Waals surface area contributed by atoms with Crippen LogP contribution < -0.4 is 5.32 Å². The third-order valence-corrected chi connectivity index (χ3v) is 3.73. The van der Waals surface area contributed by atoms with Crippen LogP contribution >= 0.6 is 27.5 Å². The Balaban J connectivity index is 2.49. The third kappa shape index (κ3) is 4.96. The van der Waals surface area contributed by atoms with Gasteiger partial charge in [0.2, 0.25) is 0 Å². The second kappa shape index (κ2) is 7.37. The number of nitrogens with one attached hydrogen (secondary N) is 1. The van der Waals surface area contributed by atoms with Crippen molar-refractivity contribution in [3.63, 3.8) is 0 Å². The second-order valence-corrected chi connectivity index (χ2v) is 5.56. The lowest BCUT2D eigenvalue weighted by Gasteiger charge is -2.19. The van der Waals surface area contributed by atoms with Gasteiger partial charge in [-0.3, -0.25) is 0 Å². The van der Waals surface area contributed by atoms with Gasteiger partial charge in [0, 0.05) is 28.6 Å². The Morgan fingerprint density at radius 2 is 2.18 bits per heavy atom. The zero-order chi connectivity index (χ0) is 12.8. The molecule has 0 saturated carbocycles. The van der Waals surface area contributed by atoms with Gasteiger partial charge in [0.25, 0.3) is 0 Å². The van der Waals surface area contributed by atoms with Gasteiger partial charge in [-0.1, -0.05) is 40.5 Å². The highest BCUT2D eigenvalue weighted by molar-refractivity contribution is 9.10. The number of hydrogen-bond acceptors (Lipinski definition) is 2. The largest absolute Gasteiger partial charge is 0.309 e. The number of rotatable bonds is 6. The van der Waals surface area contributed by atoms with E-state index in [2.05, 4.69) is 53.1 Å². The Morgan fingerprint density at radius 1 is 1.47 bits per heavy atom. The van der Waals surface area contributed by atoms with E-state index < -0.39 is 0 Å². The minimum absolute atomic E-state index is 0.279. The molecular weight excluding hydrogens is 300 g/mol. The molecule has 0 fully saturated rings. The van der Waals surface area contributed by atoms with Gasteiger partial charge in [-0.05, 0) is 38.2 Å². The average molecular weight is 320 g/mol. The molecule has 1 aromatic rings. The van der Waals surface area contributed by atoms with Gasteiger partial charge in [-0.2, -0.15) is 0 Å². The van der Waals surface area contributed by atoms with Crippen molar-refractivity contribution < 1.29 is 0 Å². The summed E-state index contributed by atoms with van der Waals surface area (Å²) in [6, 6.07) is 6.30. The monoisotopic (exact) mass is 318 g/mol. The fourth-order valence-corrected chi connectivity index (χ4v) is 2.43. The molecule has 0 bridgehead atoms. The van der Waals surface area contributed by atoms with Crippen molar-refractivity contribution in [2.75, 3.05) is 26.7 Å². The first-order valence-corrected chi connectivity index (χ1v) is 7.08. The van der Waals surface area contributed by atoms with Gasteiger partial charge in [0.1, 0.15) is 0 Å². The number of benzene rings is 1. The Morgan fingerprint density at radius 3 is 2.76 bits per heavy atom. The van der Waals surface area contributed by atoms with Crippen molar-refractivity contribution in [3.05, 3.63) is 33.3 Å². The van der Waals surface area contributed by atoms with Gasteiger partial charge in [-0.25, -0.2) is 0 Å². The lowest BCUT2D eigenvalue weighted by molar-refractivity contribution is 0.342. The van der Waals surface area contributed by atoms with Crippen molar-refractivity contribution in [3.8, 4) is 0 Å². The van der Waals surface area contributed by atoms with E-state index in [0.717, 1.165) is 34.7 Å². The molecule has 0 spiro atoms. The van der Waals surface area contributed by atoms with Crippen LogP contribution in [0.25, 0.3) is 0 Å². The predicted molar refractivity (Wildman–Crippen MR) is 78.7 cm³/mol. The van der Waals surface area contributed by atoms with Crippen LogP contribution in [0.4, 0.5) is 0 Å². The fraction of sp³-hybridized carbons (Fsp3) is 0.538. The Hall–Kier alpha value is -0.0900. The van der Waals surface area contributed by atoms with E-state index in [9.17, 15) is 0 Å². The Labute approximate surface area is 117 Å². The summed E-state index contributed by atoms with van der Waals surface area (Å²) in [4.78, 5) is 2.28. The molecule has 0 aliphatic rings. The van der Waals surface area contributed by atoms with Crippen molar-refractivity contribution in [2.45, 2.75) is 19.9 Å². The van der Waals surface area contributed by atoms with E-state index in [-0.39, 0.29) is 6.04 Å². The van der Waals surface area contributed by atoms with E-state index in [4.69, 9.17) is 11.6 Å². The first-order chi connectivity index (χ1) is 8.04. The van der Waals surface area contributed by atoms with Crippen LogP contribution in [0.5, 0.6) is 0 Å². The van der Waals surface area contributed by atoms with Crippen LogP contribution in [0, 0.1) is 0 Å². The predicted octanol–water partition coefficient (Wildman–Crippen LogP) is 3.70. The first kappa shape index (κ1) is 15.0. The van der Waals surface area contributed by atoms with E-state index >= 15 is 0 Å². The topological polar surface area (TPSA) is 15.3 Å². The van der Waals surface area contributed by atoms with Gasteiger partial charge in [0.05, 0.1) is 0 Å². The maximum atomic E-state index is 6.21. The highest BCUT2D eigenvalue weighted by atomic mass is 79.9. The van der Waals surface area contributed by atoms with Gasteiger partial charge in [0.15, 0.2) is 0 Å². The molecule has 96 valence electrons. The summed E-state index contributed by atoms with van der Waals surface area (Å²) in [6.45, 7) is 7.40. The minimum atomic E-state index is 0.279. The number of halogens is 2. The standard InChI is InChI=1S/C13H20BrClN2/c1-4-17(3)8-7-16-10(2)12-6-5-11(14)9-13(12)15/h5-6,9-10,16H,4,7-8H2,1-3H3. The molecule has 1 unspecified atom stereocenters. The molecule has 1 atom stereocenters. The minimum Gasteiger partial charge on any atom is -0.309 e. The van der Waals surface area contributed by atoms with Crippen molar-refractivity contribution in [1.29, 1.82) is 0 Å². The smallest absolute Gasteiger partial charge is 0.0464 e. The summed E-state index contributed by atoms with van der Waals surface area (Å²) in [5.74, 6) is 0. The zero-order valence-electron chi connectivity index (χ0n) is 10.6. The zero-order valence-corrected chi connectivity index (χ0v) is 13.0. The van der Waals surface area contributed by atoms with Crippen LogP contribution in [0.1, 0.15) is 25.5 Å². The van der Waals surface area contributed by atoms with Crippen molar-refractivity contribution in [2.24, 2.45) is 0 Å². The molecule has 17 heavy (non-hydrogen) atoms. The van der Waals surface area contributed by atoms with E-state index in [1.807, 2.05) is 12.1 Å². The molecule has 0 aliphatic heterocycles. The van der Waals surface area contributed by atoms with Crippen LogP contribution in [0.3, 0.4) is 0 Å². The molecule has 2 nitrogen and oxygen atoms in total. The summed E-state index contributed by atoms with van der Waals surface area (Å²) in [5.41, 5.74) is 1.15. The molecule has 1 rings (SSSR count). The van der Waals surface area contributed by atoms with Crippen LogP contribution in [-0.4, -0.2) is 31.6 Å². The molecule has 0 heterocycles. The lowest BCUT2D eigenvalue weighted by atomic mass is 10.1. The number of hydrogen-bond donors (Lipinski definition) is 1. The van der Waals surface area contributed by atoms with Gasteiger partial charge >= 0.3 is 0 Å². The van der Waals surface area contributed by atoms with Crippen LogP contribution in [0.15, 0.2) is 22.7 Å². The molecule has 0 aromatic heterocycles. The molecule has 0 amide bonds. The summed E-state index contributed by atoms with van der Waals surface area (Å²) in [7, 11) is 2.12. The Kier molecular flexibility index (Phi) is 6.49. The van der Waals surface area contributed by atoms with Crippen molar-refractivity contribution in [1.82, 2.24) is 10.2 Å². The summed E-state index contributed by atoms with van der Waals surface area (Å²) in [5, 5.41) is 4.29. The van der Waals surface area contributed by atoms with Gasteiger partial charge < -0.3 is 10.2 Å². The molecule has 0 aliphatic carbocycles. The lowest BCUT2D eigenvalue weighted by Crippen LogP contribution is -2.30. The van der Waals surface area contributed by atoms with E-state index in [1.54, 1.807) is 0 Å². The molecule has 0 saturated heterocycles. The van der Waals surface area contributed by atoms with E-state index in [0.29, 0.717) is 0 Å². The number of nitrogens with zero attached hydrogens (tertiary/aromatic N) is 1. The molecular formula is C13H20BrClN2. The second-order valence-electron chi connectivity index (χ2n) is 4.24. The van der Waals surface area contributed by atoms with E-state index in [1.165, 1.54) is 0 Å². The van der Waals surface area contributed by atoms with Gasteiger partial charge in [-0.15, -0.1) is 0 Å². The van der Waals surface area contributed by atoms with Crippen molar-refractivity contribution >= 4 is 27.5 Å². The quantitative estimate of drug-likeness (QED) is 0.860. The maximum absolute atomic E-state index is 6.21. The summed E-state index contributed by atoms with van der Waals surface area (Å²) >= 11 is 9.63. The highest BCUT2D eigenvalue weighted by Gasteiger charge is 2.09. The first-order valence-electron chi connectivity index (χ1n) is 5.91. The normalized spacial score (nSPS) is 13.1. The molecule has 1 aromatic carbocycles. The summed E-state index contributed by atoms with van der Waals surface area (Å²) < 4.78 is 1.02. The van der Waals surface area contributed by atoms with Crippen LogP contribution in [0.2, 0.25) is 5.02 Å². The molecule has 0 radical (unpaired) electrons. The number of likely N-dealkylation sites (N-methyl/N-ethyl adjacent to an activating group) is 1. The molecule has 1 N–H and O–H groups in total.